The summed E-state index contributed by atoms with van der Waals surface area (Å²) in [6.45, 7) is 1.89. The summed E-state index contributed by atoms with van der Waals surface area (Å²) in [5.74, 6) is -1.35. The van der Waals surface area contributed by atoms with Crippen molar-refractivity contribution in [1.82, 2.24) is 9.78 Å². The van der Waals surface area contributed by atoms with Crippen molar-refractivity contribution in [3.63, 3.8) is 0 Å². The number of aliphatic imine (C=N–C) groups is 1. The molecule has 3 aromatic carbocycles. The Morgan fingerprint density at radius 1 is 1.08 bits per heavy atom. The number of aliphatic hydroxyl groups excluding tert-OH is 1. The zero-order chi connectivity index (χ0) is 27.5. The number of fused-ring (bicyclic) bond motifs is 1. The number of aryl methyl sites for hydroxylation is 2. The highest BCUT2D eigenvalue weighted by Crippen LogP contribution is 2.33. The van der Waals surface area contributed by atoms with Crippen molar-refractivity contribution in [2.24, 2.45) is 12.0 Å². The predicted molar refractivity (Wildman–Crippen MR) is 149 cm³/mol. The minimum Gasteiger partial charge on any atom is -0.396 e. The van der Waals surface area contributed by atoms with Crippen LogP contribution < -0.4 is 10.6 Å². The van der Waals surface area contributed by atoms with Crippen molar-refractivity contribution in [2.75, 3.05) is 17.2 Å². The third kappa shape index (κ3) is 5.53. The molecule has 0 radical (unpaired) electrons. The number of benzene rings is 3. The summed E-state index contributed by atoms with van der Waals surface area (Å²) in [7, 11) is 1.70. The summed E-state index contributed by atoms with van der Waals surface area (Å²) in [6, 6.07) is 21.0. The van der Waals surface area contributed by atoms with Crippen LogP contribution in [0.15, 0.2) is 77.8 Å². The van der Waals surface area contributed by atoms with Crippen LogP contribution in [0.2, 0.25) is 0 Å². The molecule has 1 unspecified atom stereocenters. The van der Waals surface area contributed by atoms with Gasteiger partial charge in [0.05, 0.1) is 11.4 Å². The van der Waals surface area contributed by atoms with E-state index in [2.05, 4.69) is 20.7 Å². The number of ketones is 1. The highest BCUT2D eigenvalue weighted by molar-refractivity contribution is 6.15. The number of anilines is 2. The summed E-state index contributed by atoms with van der Waals surface area (Å²) >= 11 is 0. The number of aromatic nitrogens is 2. The lowest BCUT2D eigenvalue weighted by Crippen LogP contribution is -2.16. The summed E-state index contributed by atoms with van der Waals surface area (Å²) < 4.78 is 1.51. The van der Waals surface area contributed by atoms with E-state index < -0.39 is 5.92 Å². The molecule has 1 aliphatic rings. The molecule has 0 fully saturated rings. The summed E-state index contributed by atoms with van der Waals surface area (Å²) in [4.78, 5) is 43.1. The van der Waals surface area contributed by atoms with E-state index in [0.29, 0.717) is 40.3 Å². The van der Waals surface area contributed by atoms with Crippen molar-refractivity contribution in [3.8, 4) is 0 Å². The fraction of sp³-hybridized carbons (Fsp3) is 0.167. The Balaban J connectivity index is 1.31. The van der Waals surface area contributed by atoms with E-state index in [1.807, 2.05) is 31.2 Å². The molecule has 39 heavy (non-hydrogen) atoms. The van der Waals surface area contributed by atoms with Crippen LogP contribution >= 0.6 is 0 Å². The lowest BCUT2D eigenvalue weighted by Gasteiger charge is -2.09. The first-order chi connectivity index (χ1) is 18.8. The Kier molecular flexibility index (Phi) is 7.16. The van der Waals surface area contributed by atoms with Gasteiger partial charge in [-0.1, -0.05) is 36.4 Å². The van der Waals surface area contributed by atoms with Gasteiger partial charge in [0.25, 0.3) is 5.91 Å². The van der Waals surface area contributed by atoms with Crippen LogP contribution in [0.1, 0.15) is 49.1 Å². The molecule has 9 nitrogen and oxygen atoms in total. The molecule has 196 valence electrons. The number of nitrogens with zero attached hydrogens (tertiary/aromatic N) is 3. The second-order valence-corrected chi connectivity index (χ2v) is 9.35. The smallest absolute Gasteiger partial charge is 0.273 e. The zero-order valence-corrected chi connectivity index (χ0v) is 21.5. The maximum absolute atomic E-state index is 13.3. The number of carbonyl (C=O) groups is 3. The van der Waals surface area contributed by atoms with Gasteiger partial charge in [-0.2, -0.15) is 5.10 Å². The Morgan fingerprint density at radius 2 is 1.85 bits per heavy atom. The molecule has 1 aromatic heterocycles. The molecule has 4 aromatic rings. The average Bonchev–Trinajstić information content (AvgIpc) is 3.44. The van der Waals surface area contributed by atoms with Crippen LogP contribution in [0.3, 0.4) is 0 Å². The molecule has 0 spiro atoms. The van der Waals surface area contributed by atoms with E-state index in [-0.39, 0.29) is 24.2 Å². The third-order valence-corrected chi connectivity index (χ3v) is 6.52. The number of aliphatic hydroxyl groups is 1. The van der Waals surface area contributed by atoms with Crippen LogP contribution in [0.25, 0.3) is 0 Å². The molecule has 2 heterocycles. The van der Waals surface area contributed by atoms with E-state index in [1.54, 1.807) is 61.8 Å². The lowest BCUT2D eigenvalue weighted by atomic mass is 9.97. The van der Waals surface area contributed by atoms with Crippen LogP contribution in [-0.4, -0.2) is 45.3 Å². The highest BCUT2D eigenvalue weighted by Gasteiger charge is 2.30. The summed E-state index contributed by atoms with van der Waals surface area (Å²) in [5, 5.41) is 18.9. The van der Waals surface area contributed by atoms with Crippen LogP contribution in [0, 0.1) is 6.92 Å². The van der Waals surface area contributed by atoms with Crippen molar-refractivity contribution < 1.29 is 19.5 Å². The van der Waals surface area contributed by atoms with Gasteiger partial charge in [-0.05, 0) is 60.9 Å². The number of amides is 2. The molecule has 1 atom stereocenters. The third-order valence-electron chi connectivity index (χ3n) is 6.52. The first kappa shape index (κ1) is 25.7. The molecule has 0 saturated carbocycles. The molecule has 1 aliphatic heterocycles. The quantitative estimate of drug-likeness (QED) is 0.237. The van der Waals surface area contributed by atoms with Crippen LogP contribution in [-0.2, 0) is 18.3 Å². The zero-order valence-electron chi connectivity index (χ0n) is 21.5. The molecule has 5 rings (SSSR count). The number of hydrogen-bond acceptors (Lipinski definition) is 6. The molecule has 9 heteroatoms. The number of nitrogens with one attached hydrogen (secondary N) is 2. The van der Waals surface area contributed by atoms with Gasteiger partial charge in [-0.25, -0.2) is 0 Å². The van der Waals surface area contributed by atoms with Gasteiger partial charge in [-0.3, -0.25) is 24.1 Å². The van der Waals surface area contributed by atoms with Gasteiger partial charge in [0, 0.05) is 42.4 Å². The molecular formula is C30H27N5O4. The molecule has 0 saturated heterocycles. The van der Waals surface area contributed by atoms with Gasteiger partial charge in [-0.15, -0.1) is 0 Å². The van der Waals surface area contributed by atoms with E-state index >= 15 is 0 Å². The Bertz CT molecular complexity index is 1600. The van der Waals surface area contributed by atoms with Crippen molar-refractivity contribution in [2.45, 2.75) is 19.3 Å². The second kappa shape index (κ2) is 10.8. The minimum atomic E-state index is -0.574. The summed E-state index contributed by atoms with van der Waals surface area (Å²) in [5.41, 5.74) is 5.47. The highest BCUT2D eigenvalue weighted by atomic mass is 16.3. The fourth-order valence-electron chi connectivity index (χ4n) is 4.54. The number of carbonyl (C=O) groups excluding carboxylic acids is 3. The Hall–Kier alpha value is -4.89. The van der Waals surface area contributed by atoms with Crippen molar-refractivity contribution in [3.05, 3.63) is 106 Å². The molecule has 0 bridgehead atoms. The van der Waals surface area contributed by atoms with E-state index in [1.165, 1.54) is 4.68 Å². The lowest BCUT2D eigenvalue weighted by molar-refractivity contribution is -0.115. The maximum atomic E-state index is 13.3. The van der Waals surface area contributed by atoms with Crippen LogP contribution in [0.4, 0.5) is 17.1 Å². The van der Waals surface area contributed by atoms with Gasteiger partial charge in [0.1, 0.15) is 11.6 Å². The SMILES string of the molecule is Cc1cc(C(=O)Nc2cccc(C(=O)c3ccc4c(c3)NC(=O)C4C=Nc3ccc(CCO)cc3)c2)n(C)n1. The van der Waals surface area contributed by atoms with Gasteiger partial charge in [0.2, 0.25) is 5.91 Å². The molecule has 0 aliphatic carbocycles. The predicted octanol–water partition coefficient (Wildman–Crippen LogP) is 4.18. The topological polar surface area (TPSA) is 126 Å². The van der Waals surface area contributed by atoms with E-state index in [9.17, 15) is 14.4 Å². The minimum absolute atomic E-state index is 0.0833. The first-order valence-electron chi connectivity index (χ1n) is 12.5. The molecule has 3 N–H and O–H groups in total. The fourth-order valence-corrected chi connectivity index (χ4v) is 4.54. The van der Waals surface area contributed by atoms with E-state index in [4.69, 9.17) is 5.11 Å². The Labute approximate surface area is 225 Å². The average molecular weight is 522 g/mol. The number of hydrogen-bond donors (Lipinski definition) is 3. The number of rotatable bonds is 8. The Morgan fingerprint density at radius 3 is 2.56 bits per heavy atom. The van der Waals surface area contributed by atoms with Gasteiger partial charge in [0.15, 0.2) is 5.78 Å². The monoisotopic (exact) mass is 521 g/mol. The van der Waals surface area contributed by atoms with Gasteiger partial charge < -0.3 is 15.7 Å². The van der Waals surface area contributed by atoms with Crippen molar-refractivity contribution >= 4 is 40.9 Å². The van der Waals surface area contributed by atoms with E-state index in [0.717, 1.165) is 16.8 Å². The maximum Gasteiger partial charge on any atom is 0.273 e. The van der Waals surface area contributed by atoms with Crippen LogP contribution in [0.5, 0.6) is 0 Å². The molecule has 2 amide bonds. The summed E-state index contributed by atoms with van der Waals surface area (Å²) in [6.07, 6.45) is 2.17. The second-order valence-electron chi connectivity index (χ2n) is 9.35. The normalized spacial score (nSPS) is 14.3. The molecular weight excluding hydrogens is 494 g/mol. The van der Waals surface area contributed by atoms with Gasteiger partial charge >= 0.3 is 0 Å². The largest absolute Gasteiger partial charge is 0.396 e. The standard InChI is InChI=1S/C30H27N5O4/c1-18-14-27(35(2)34-18)30(39)32-23-5-3-4-20(15-23)28(37)21-8-11-24-25(29(38)33-26(24)16-21)17-31-22-9-6-19(7-10-22)12-13-36/h3-11,14-17,25,36H,12-13H2,1-2H3,(H,32,39)(H,33,38). The van der Waals surface area contributed by atoms with Crippen molar-refractivity contribution in [1.29, 1.82) is 0 Å². The first-order valence-corrected chi connectivity index (χ1v) is 12.5.